The third-order valence-corrected chi connectivity index (χ3v) is 5.89. The SMILES string of the molecule is Cc1cccc(OCC(=O)N(Cc2ccccc2Cl)C(C)C(=O)NC2CCCC2)c1. The van der Waals surface area contributed by atoms with Crippen molar-refractivity contribution in [2.24, 2.45) is 0 Å². The highest BCUT2D eigenvalue weighted by Gasteiger charge is 2.29. The van der Waals surface area contributed by atoms with E-state index in [1.54, 1.807) is 17.9 Å². The zero-order valence-corrected chi connectivity index (χ0v) is 18.3. The highest BCUT2D eigenvalue weighted by molar-refractivity contribution is 6.31. The number of hydrogen-bond donors (Lipinski definition) is 1. The zero-order chi connectivity index (χ0) is 21.5. The standard InChI is InChI=1S/C24H29ClN2O3/c1-17-8-7-12-21(14-17)30-16-23(28)27(15-19-9-3-6-13-22(19)25)18(2)24(29)26-20-10-4-5-11-20/h3,6-9,12-14,18,20H,4-5,10-11,15-16H2,1-2H3,(H,26,29). The first-order valence-electron chi connectivity index (χ1n) is 10.5. The summed E-state index contributed by atoms with van der Waals surface area (Å²) < 4.78 is 5.70. The average molecular weight is 429 g/mol. The van der Waals surface area contributed by atoms with Crippen molar-refractivity contribution in [2.45, 2.75) is 58.2 Å². The first-order valence-corrected chi connectivity index (χ1v) is 10.8. The smallest absolute Gasteiger partial charge is 0.261 e. The van der Waals surface area contributed by atoms with Crippen LogP contribution < -0.4 is 10.1 Å². The van der Waals surface area contributed by atoms with Crippen molar-refractivity contribution in [3.63, 3.8) is 0 Å². The zero-order valence-electron chi connectivity index (χ0n) is 17.6. The quantitative estimate of drug-likeness (QED) is 0.673. The Balaban J connectivity index is 1.72. The van der Waals surface area contributed by atoms with Crippen molar-refractivity contribution >= 4 is 23.4 Å². The van der Waals surface area contributed by atoms with Crippen LogP contribution in [0.15, 0.2) is 48.5 Å². The summed E-state index contributed by atoms with van der Waals surface area (Å²) in [5, 5.41) is 3.66. The molecule has 1 aliphatic rings. The fourth-order valence-electron chi connectivity index (χ4n) is 3.72. The van der Waals surface area contributed by atoms with Gasteiger partial charge >= 0.3 is 0 Å². The summed E-state index contributed by atoms with van der Waals surface area (Å²) >= 11 is 6.32. The number of carbonyl (C=O) groups excluding carboxylic acids is 2. The van der Waals surface area contributed by atoms with Gasteiger partial charge in [-0.05, 0) is 56.0 Å². The molecule has 0 saturated heterocycles. The Hall–Kier alpha value is -2.53. The van der Waals surface area contributed by atoms with Gasteiger partial charge in [0.1, 0.15) is 11.8 Å². The molecular weight excluding hydrogens is 400 g/mol. The number of amides is 2. The van der Waals surface area contributed by atoms with Crippen LogP contribution in [0.1, 0.15) is 43.7 Å². The molecule has 1 aliphatic carbocycles. The number of nitrogens with one attached hydrogen (secondary N) is 1. The van der Waals surface area contributed by atoms with Gasteiger partial charge in [-0.3, -0.25) is 9.59 Å². The Morgan fingerprint density at radius 2 is 1.90 bits per heavy atom. The van der Waals surface area contributed by atoms with Gasteiger partial charge in [-0.25, -0.2) is 0 Å². The Morgan fingerprint density at radius 3 is 2.60 bits per heavy atom. The highest BCUT2D eigenvalue weighted by atomic mass is 35.5. The number of rotatable bonds is 8. The Labute approximate surface area is 183 Å². The average Bonchev–Trinajstić information content (AvgIpc) is 3.24. The van der Waals surface area contributed by atoms with E-state index in [4.69, 9.17) is 16.3 Å². The van der Waals surface area contributed by atoms with Crippen molar-refractivity contribution in [3.8, 4) is 5.75 Å². The van der Waals surface area contributed by atoms with Crippen LogP contribution in [0.3, 0.4) is 0 Å². The maximum atomic E-state index is 13.1. The Bertz CT molecular complexity index is 880. The van der Waals surface area contributed by atoms with Gasteiger partial charge in [0.15, 0.2) is 6.61 Å². The van der Waals surface area contributed by atoms with E-state index < -0.39 is 6.04 Å². The molecule has 3 rings (SSSR count). The molecule has 1 saturated carbocycles. The summed E-state index contributed by atoms with van der Waals surface area (Å²) in [7, 11) is 0. The molecule has 1 fully saturated rings. The number of benzene rings is 2. The largest absolute Gasteiger partial charge is 0.484 e. The molecule has 0 radical (unpaired) electrons. The minimum absolute atomic E-state index is 0.141. The Kier molecular flexibility index (Phi) is 7.75. The van der Waals surface area contributed by atoms with E-state index in [9.17, 15) is 9.59 Å². The fraction of sp³-hybridized carbons (Fsp3) is 0.417. The highest BCUT2D eigenvalue weighted by Crippen LogP contribution is 2.21. The van der Waals surface area contributed by atoms with Crippen LogP contribution in [0.25, 0.3) is 0 Å². The number of carbonyl (C=O) groups is 2. The third kappa shape index (κ3) is 5.99. The van der Waals surface area contributed by atoms with Crippen molar-refractivity contribution < 1.29 is 14.3 Å². The summed E-state index contributed by atoms with van der Waals surface area (Å²) in [6.45, 7) is 3.82. The van der Waals surface area contributed by atoms with Crippen LogP contribution in [-0.4, -0.2) is 35.4 Å². The molecule has 1 N–H and O–H groups in total. The summed E-state index contributed by atoms with van der Waals surface area (Å²) in [5.41, 5.74) is 1.85. The molecule has 2 aromatic carbocycles. The molecule has 1 unspecified atom stereocenters. The summed E-state index contributed by atoms with van der Waals surface area (Å²) in [4.78, 5) is 27.5. The van der Waals surface area contributed by atoms with E-state index in [1.807, 2.05) is 49.4 Å². The molecule has 160 valence electrons. The van der Waals surface area contributed by atoms with Gasteiger partial charge in [0, 0.05) is 17.6 Å². The Morgan fingerprint density at radius 1 is 1.17 bits per heavy atom. The monoisotopic (exact) mass is 428 g/mol. The number of halogens is 1. The maximum Gasteiger partial charge on any atom is 0.261 e. The molecule has 0 aliphatic heterocycles. The van der Waals surface area contributed by atoms with E-state index in [0.717, 1.165) is 36.8 Å². The predicted octanol–water partition coefficient (Wildman–Crippen LogP) is 4.50. The van der Waals surface area contributed by atoms with Crippen molar-refractivity contribution in [1.82, 2.24) is 10.2 Å². The van der Waals surface area contributed by atoms with Gasteiger partial charge in [-0.1, -0.05) is 54.8 Å². The minimum atomic E-state index is -0.629. The van der Waals surface area contributed by atoms with E-state index in [2.05, 4.69) is 5.32 Å². The lowest BCUT2D eigenvalue weighted by molar-refractivity contribution is -0.142. The topological polar surface area (TPSA) is 58.6 Å². The summed E-state index contributed by atoms with van der Waals surface area (Å²) in [6.07, 6.45) is 4.25. The second kappa shape index (κ2) is 10.5. The van der Waals surface area contributed by atoms with Gasteiger partial charge in [0.25, 0.3) is 5.91 Å². The van der Waals surface area contributed by atoms with Gasteiger partial charge in [-0.2, -0.15) is 0 Å². The normalized spacial score (nSPS) is 14.9. The summed E-state index contributed by atoms with van der Waals surface area (Å²) in [6, 6.07) is 14.5. The first-order chi connectivity index (χ1) is 14.4. The van der Waals surface area contributed by atoms with Gasteiger partial charge in [-0.15, -0.1) is 0 Å². The van der Waals surface area contributed by atoms with Gasteiger partial charge in [0.05, 0.1) is 0 Å². The van der Waals surface area contributed by atoms with Crippen LogP contribution in [0.4, 0.5) is 0 Å². The van der Waals surface area contributed by atoms with E-state index in [-0.39, 0.29) is 31.0 Å². The fourth-order valence-corrected chi connectivity index (χ4v) is 3.91. The number of ether oxygens (including phenoxy) is 1. The lowest BCUT2D eigenvalue weighted by Gasteiger charge is -2.30. The number of nitrogens with zero attached hydrogens (tertiary/aromatic N) is 1. The molecule has 2 aromatic rings. The molecule has 0 aromatic heterocycles. The molecule has 0 heterocycles. The molecule has 0 spiro atoms. The predicted molar refractivity (Wildman–Crippen MR) is 119 cm³/mol. The molecule has 5 nitrogen and oxygen atoms in total. The minimum Gasteiger partial charge on any atom is -0.484 e. The van der Waals surface area contributed by atoms with E-state index in [0.29, 0.717) is 10.8 Å². The first kappa shape index (κ1) is 22.2. The van der Waals surface area contributed by atoms with Gasteiger partial charge < -0.3 is 15.0 Å². The molecule has 6 heteroatoms. The van der Waals surface area contributed by atoms with E-state index >= 15 is 0 Å². The van der Waals surface area contributed by atoms with Crippen molar-refractivity contribution in [3.05, 3.63) is 64.7 Å². The molecular formula is C24H29ClN2O3. The van der Waals surface area contributed by atoms with Crippen molar-refractivity contribution in [2.75, 3.05) is 6.61 Å². The summed E-state index contributed by atoms with van der Waals surface area (Å²) in [5.74, 6) is 0.229. The van der Waals surface area contributed by atoms with Crippen LogP contribution >= 0.6 is 11.6 Å². The third-order valence-electron chi connectivity index (χ3n) is 5.52. The second-order valence-corrected chi connectivity index (χ2v) is 8.29. The van der Waals surface area contributed by atoms with Crippen LogP contribution in [-0.2, 0) is 16.1 Å². The molecule has 30 heavy (non-hydrogen) atoms. The van der Waals surface area contributed by atoms with Crippen LogP contribution in [0.5, 0.6) is 5.75 Å². The molecule has 0 bridgehead atoms. The number of aryl methyl sites for hydroxylation is 1. The maximum absolute atomic E-state index is 13.1. The number of hydrogen-bond acceptors (Lipinski definition) is 3. The van der Waals surface area contributed by atoms with Crippen LogP contribution in [0, 0.1) is 6.92 Å². The molecule has 2 amide bonds. The lowest BCUT2D eigenvalue weighted by atomic mass is 10.1. The van der Waals surface area contributed by atoms with E-state index in [1.165, 1.54) is 0 Å². The van der Waals surface area contributed by atoms with Crippen molar-refractivity contribution in [1.29, 1.82) is 0 Å². The van der Waals surface area contributed by atoms with Gasteiger partial charge in [0.2, 0.25) is 5.91 Å². The second-order valence-electron chi connectivity index (χ2n) is 7.88. The molecule has 1 atom stereocenters. The lowest BCUT2D eigenvalue weighted by Crippen LogP contribution is -2.50. The van der Waals surface area contributed by atoms with Crippen LogP contribution in [0.2, 0.25) is 5.02 Å².